The highest BCUT2D eigenvalue weighted by molar-refractivity contribution is 5.04. The largest absolute Gasteiger partial charge is 0.392 e. The third-order valence-electron chi connectivity index (χ3n) is 4.74. The molecule has 0 radical (unpaired) electrons. The first-order valence-electron chi connectivity index (χ1n) is 9.32. The van der Waals surface area contributed by atoms with Gasteiger partial charge in [0.05, 0.1) is 12.7 Å². The molecule has 0 aromatic carbocycles. The summed E-state index contributed by atoms with van der Waals surface area (Å²) in [5.74, 6) is 2.37. The standard InChI is InChI=1S/C20H40O2/c1-16(2)8-6-9-17(3)10-7-11-18(4)12-13-20(22)19(5)14-15-21/h14,16-18,20-22H,6-13,15H2,1-5H3/b19-14-. The molecule has 0 spiro atoms. The normalized spacial score (nSPS) is 16.8. The molecule has 3 unspecified atom stereocenters. The summed E-state index contributed by atoms with van der Waals surface area (Å²) in [6, 6.07) is 0. The van der Waals surface area contributed by atoms with Crippen molar-refractivity contribution >= 4 is 0 Å². The molecule has 2 heteroatoms. The number of rotatable bonds is 13. The molecule has 0 amide bonds. The van der Waals surface area contributed by atoms with Gasteiger partial charge in [-0.25, -0.2) is 0 Å². The number of aliphatic hydroxyl groups is 2. The lowest BCUT2D eigenvalue weighted by atomic mass is 9.91. The lowest BCUT2D eigenvalue weighted by Crippen LogP contribution is -2.11. The molecule has 0 aliphatic rings. The lowest BCUT2D eigenvalue weighted by molar-refractivity contribution is 0.186. The average Bonchev–Trinajstić information content (AvgIpc) is 2.44. The molecule has 3 atom stereocenters. The number of aliphatic hydroxyl groups excluding tert-OH is 2. The molecule has 0 aliphatic carbocycles. The van der Waals surface area contributed by atoms with Crippen LogP contribution < -0.4 is 0 Å². The summed E-state index contributed by atoms with van der Waals surface area (Å²) in [5.41, 5.74) is 0.897. The molecular weight excluding hydrogens is 272 g/mol. The Morgan fingerprint density at radius 2 is 1.32 bits per heavy atom. The topological polar surface area (TPSA) is 40.5 Å². The van der Waals surface area contributed by atoms with Crippen molar-refractivity contribution in [2.75, 3.05) is 6.61 Å². The first-order valence-corrected chi connectivity index (χ1v) is 9.32. The van der Waals surface area contributed by atoms with Gasteiger partial charge in [0, 0.05) is 0 Å². The summed E-state index contributed by atoms with van der Waals surface area (Å²) in [4.78, 5) is 0. The smallest absolute Gasteiger partial charge is 0.0748 e. The Bertz CT molecular complexity index is 283. The summed E-state index contributed by atoms with van der Waals surface area (Å²) in [5, 5.41) is 18.8. The van der Waals surface area contributed by atoms with Crippen molar-refractivity contribution < 1.29 is 10.2 Å². The van der Waals surface area contributed by atoms with Crippen LogP contribution in [0.15, 0.2) is 11.6 Å². The van der Waals surface area contributed by atoms with E-state index in [-0.39, 0.29) is 12.7 Å². The van der Waals surface area contributed by atoms with Crippen LogP contribution in [0.1, 0.15) is 86.0 Å². The predicted octanol–water partition coefficient (Wildman–Crippen LogP) is 5.33. The minimum Gasteiger partial charge on any atom is -0.392 e. The number of hydrogen-bond donors (Lipinski definition) is 2. The maximum absolute atomic E-state index is 9.97. The Labute approximate surface area is 139 Å². The predicted molar refractivity (Wildman–Crippen MR) is 97.0 cm³/mol. The Hall–Kier alpha value is -0.340. The van der Waals surface area contributed by atoms with E-state index >= 15 is 0 Å². The van der Waals surface area contributed by atoms with Gasteiger partial charge in [-0.05, 0) is 43.1 Å². The first kappa shape index (κ1) is 21.7. The van der Waals surface area contributed by atoms with Crippen molar-refractivity contribution in [3.63, 3.8) is 0 Å². The minimum atomic E-state index is -0.385. The average molecular weight is 313 g/mol. The van der Waals surface area contributed by atoms with Gasteiger partial charge >= 0.3 is 0 Å². The molecule has 0 saturated heterocycles. The summed E-state index contributed by atoms with van der Waals surface area (Å²) in [6.45, 7) is 11.2. The quantitative estimate of drug-likeness (QED) is 0.451. The van der Waals surface area contributed by atoms with E-state index in [0.29, 0.717) is 5.92 Å². The summed E-state index contributed by atoms with van der Waals surface area (Å²) >= 11 is 0. The molecule has 0 heterocycles. The van der Waals surface area contributed by atoms with Crippen LogP contribution >= 0.6 is 0 Å². The minimum absolute atomic E-state index is 0.0210. The van der Waals surface area contributed by atoms with Gasteiger partial charge in [0.1, 0.15) is 0 Å². The maximum Gasteiger partial charge on any atom is 0.0748 e. The van der Waals surface area contributed by atoms with Crippen LogP contribution in [-0.2, 0) is 0 Å². The second-order valence-corrected chi connectivity index (χ2v) is 7.69. The van der Waals surface area contributed by atoms with Crippen LogP contribution in [0.4, 0.5) is 0 Å². The molecule has 0 aromatic heterocycles. The zero-order valence-corrected chi connectivity index (χ0v) is 15.6. The third-order valence-corrected chi connectivity index (χ3v) is 4.74. The summed E-state index contributed by atoms with van der Waals surface area (Å²) in [7, 11) is 0. The highest BCUT2D eigenvalue weighted by Gasteiger charge is 2.10. The number of hydrogen-bond acceptors (Lipinski definition) is 2. The van der Waals surface area contributed by atoms with Crippen molar-refractivity contribution in [3.8, 4) is 0 Å². The fourth-order valence-corrected chi connectivity index (χ4v) is 2.93. The van der Waals surface area contributed by atoms with Crippen molar-refractivity contribution in [3.05, 3.63) is 11.6 Å². The van der Waals surface area contributed by atoms with E-state index in [2.05, 4.69) is 27.7 Å². The van der Waals surface area contributed by atoms with Gasteiger partial charge in [0.15, 0.2) is 0 Å². The Kier molecular flexibility index (Phi) is 12.9. The molecule has 0 aromatic rings. The second-order valence-electron chi connectivity index (χ2n) is 7.69. The van der Waals surface area contributed by atoms with Crippen LogP contribution in [0.2, 0.25) is 0 Å². The fourth-order valence-electron chi connectivity index (χ4n) is 2.93. The van der Waals surface area contributed by atoms with E-state index in [1.54, 1.807) is 6.08 Å². The molecule has 0 rings (SSSR count). The molecular formula is C20H40O2. The van der Waals surface area contributed by atoms with E-state index in [9.17, 15) is 5.11 Å². The van der Waals surface area contributed by atoms with Crippen molar-refractivity contribution in [2.24, 2.45) is 17.8 Å². The van der Waals surface area contributed by atoms with E-state index in [1.165, 1.54) is 38.5 Å². The van der Waals surface area contributed by atoms with Crippen molar-refractivity contribution in [2.45, 2.75) is 92.1 Å². The Morgan fingerprint density at radius 3 is 1.82 bits per heavy atom. The van der Waals surface area contributed by atoms with Gasteiger partial charge in [-0.15, -0.1) is 0 Å². The van der Waals surface area contributed by atoms with Crippen LogP contribution in [-0.4, -0.2) is 22.9 Å². The maximum atomic E-state index is 9.97. The lowest BCUT2D eigenvalue weighted by Gasteiger charge is -2.17. The molecule has 0 bridgehead atoms. The van der Waals surface area contributed by atoms with E-state index in [4.69, 9.17) is 5.11 Å². The van der Waals surface area contributed by atoms with E-state index < -0.39 is 0 Å². The summed E-state index contributed by atoms with van der Waals surface area (Å²) in [6.07, 6.45) is 11.2. The van der Waals surface area contributed by atoms with Gasteiger partial charge in [0.2, 0.25) is 0 Å². The van der Waals surface area contributed by atoms with E-state index in [0.717, 1.165) is 30.3 Å². The van der Waals surface area contributed by atoms with Crippen LogP contribution in [0.3, 0.4) is 0 Å². The van der Waals surface area contributed by atoms with Crippen LogP contribution in [0.25, 0.3) is 0 Å². The van der Waals surface area contributed by atoms with Gasteiger partial charge in [-0.3, -0.25) is 0 Å². The zero-order valence-electron chi connectivity index (χ0n) is 15.6. The first-order chi connectivity index (χ1) is 10.4. The van der Waals surface area contributed by atoms with Gasteiger partial charge in [-0.2, -0.15) is 0 Å². The molecule has 132 valence electrons. The highest BCUT2D eigenvalue weighted by atomic mass is 16.3. The van der Waals surface area contributed by atoms with Gasteiger partial charge in [-0.1, -0.05) is 72.3 Å². The van der Waals surface area contributed by atoms with Gasteiger partial charge in [0.25, 0.3) is 0 Å². The fraction of sp³-hybridized carbons (Fsp3) is 0.900. The van der Waals surface area contributed by atoms with E-state index in [1.807, 2.05) is 6.92 Å². The van der Waals surface area contributed by atoms with Crippen LogP contribution in [0.5, 0.6) is 0 Å². The molecule has 0 aliphatic heterocycles. The van der Waals surface area contributed by atoms with Gasteiger partial charge < -0.3 is 10.2 Å². The highest BCUT2D eigenvalue weighted by Crippen LogP contribution is 2.22. The van der Waals surface area contributed by atoms with Crippen molar-refractivity contribution in [1.29, 1.82) is 0 Å². The van der Waals surface area contributed by atoms with Crippen LogP contribution in [0, 0.1) is 17.8 Å². The molecule has 22 heavy (non-hydrogen) atoms. The van der Waals surface area contributed by atoms with Crippen molar-refractivity contribution in [1.82, 2.24) is 0 Å². The Balaban J connectivity index is 3.68. The molecule has 0 fully saturated rings. The summed E-state index contributed by atoms with van der Waals surface area (Å²) < 4.78 is 0. The Morgan fingerprint density at radius 1 is 0.818 bits per heavy atom. The molecule has 2 nitrogen and oxygen atoms in total. The molecule has 2 N–H and O–H groups in total. The zero-order chi connectivity index (χ0) is 17.0. The monoisotopic (exact) mass is 312 g/mol. The second kappa shape index (κ2) is 13.1. The third kappa shape index (κ3) is 12.2. The SMILES string of the molecule is C/C(=C/CO)C(O)CCC(C)CCCC(C)CCCC(C)C. The molecule has 0 saturated carbocycles.